The molecule has 3 atom stereocenters. The molecule has 3 unspecified atom stereocenters. The van der Waals surface area contributed by atoms with Crippen LogP contribution in [0.15, 0.2) is 9.79 Å². The van der Waals surface area contributed by atoms with Crippen LogP contribution in [0.25, 0.3) is 0 Å². The number of carbonyl (C=O) groups is 1. The van der Waals surface area contributed by atoms with E-state index in [4.69, 9.17) is 27.1 Å². The van der Waals surface area contributed by atoms with Crippen molar-refractivity contribution in [1.29, 1.82) is 0 Å². The van der Waals surface area contributed by atoms with Crippen LogP contribution in [0.3, 0.4) is 0 Å². The summed E-state index contributed by atoms with van der Waals surface area (Å²) < 4.78 is 9.24. The van der Waals surface area contributed by atoms with Gasteiger partial charge in [0.25, 0.3) is 0 Å². The first-order valence-electron chi connectivity index (χ1n) is 12.9. The minimum absolute atomic E-state index is 0.178. The molecule has 0 saturated carbocycles. The van der Waals surface area contributed by atoms with Crippen molar-refractivity contribution in [3.63, 3.8) is 0 Å². The molecule has 2 rings (SSSR count). The highest BCUT2D eigenvalue weighted by molar-refractivity contribution is 8.14. The Labute approximate surface area is 219 Å². The SMILES string of the molecule is CCC(CCCCC(=O)O)C(=Nc1c(C)c(=S)n(C)c(=O)n1C)SCCCC1CCOCCC1C. The number of carboxylic acids is 1. The third-order valence-corrected chi connectivity index (χ3v) is 9.02. The summed E-state index contributed by atoms with van der Waals surface area (Å²) >= 11 is 7.28. The van der Waals surface area contributed by atoms with Gasteiger partial charge in [0.15, 0.2) is 0 Å². The van der Waals surface area contributed by atoms with E-state index in [-0.39, 0.29) is 18.0 Å². The molecule has 0 aromatic carbocycles. The van der Waals surface area contributed by atoms with Crippen molar-refractivity contribution in [2.45, 2.75) is 78.6 Å². The zero-order chi connectivity index (χ0) is 26.0. The maximum Gasteiger partial charge on any atom is 0.330 e. The summed E-state index contributed by atoms with van der Waals surface area (Å²) in [5.41, 5.74) is 0.651. The smallest absolute Gasteiger partial charge is 0.330 e. The van der Waals surface area contributed by atoms with Gasteiger partial charge in [0.2, 0.25) is 0 Å². The van der Waals surface area contributed by atoms with E-state index in [1.54, 1.807) is 30.4 Å². The van der Waals surface area contributed by atoms with Crippen molar-refractivity contribution in [2.24, 2.45) is 36.8 Å². The Hall–Kier alpha value is -1.45. The van der Waals surface area contributed by atoms with Gasteiger partial charge in [-0.1, -0.05) is 32.5 Å². The fourth-order valence-corrected chi connectivity index (χ4v) is 6.11. The van der Waals surface area contributed by atoms with Gasteiger partial charge in [-0.05, 0) is 69.5 Å². The normalized spacial score (nSPS) is 20.0. The summed E-state index contributed by atoms with van der Waals surface area (Å²) in [4.78, 5) is 28.6. The lowest BCUT2D eigenvalue weighted by Crippen LogP contribution is -2.28. The van der Waals surface area contributed by atoms with E-state index in [9.17, 15) is 9.59 Å². The molecule has 0 radical (unpaired) electrons. The maximum absolute atomic E-state index is 12.7. The standard InChI is InChI=1S/C26H43N3O4S2/c1-6-20(10-7-8-12-22(30)31)24(27-23-19(3)25(34)29(5)26(32)28(23)4)35-17-9-11-21-14-16-33-15-13-18(21)2/h18,20-21H,6-17H2,1-5H3,(H,30,31). The summed E-state index contributed by atoms with van der Waals surface area (Å²) in [6.45, 7) is 8.16. The third kappa shape index (κ3) is 8.86. The van der Waals surface area contributed by atoms with Crippen molar-refractivity contribution < 1.29 is 14.6 Å². The highest BCUT2D eigenvalue weighted by Gasteiger charge is 2.21. The van der Waals surface area contributed by atoms with Gasteiger partial charge in [0, 0.05) is 45.2 Å². The van der Waals surface area contributed by atoms with Gasteiger partial charge < -0.3 is 9.84 Å². The minimum atomic E-state index is -0.750. The maximum atomic E-state index is 12.7. The Morgan fingerprint density at radius 1 is 1.23 bits per heavy atom. The molecule has 1 aliphatic heterocycles. The molecule has 1 saturated heterocycles. The van der Waals surface area contributed by atoms with Crippen molar-refractivity contribution in [3.05, 3.63) is 20.7 Å². The number of carboxylic acid groups (broad SMARTS) is 1. The number of aliphatic carboxylic acids is 1. The molecule has 1 fully saturated rings. The van der Waals surface area contributed by atoms with Gasteiger partial charge in [-0.25, -0.2) is 9.79 Å². The Bertz CT molecular complexity index is 949. The molecular weight excluding hydrogens is 482 g/mol. The van der Waals surface area contributed by atoms with Gasteiger partial charge in [-0.2, -0.15) is 0 Å². The molecule has 1 N–H and O–H groups in total. The topological polar surface area (TPSA) is 85.8 Å². The van der Waals surface area contributed by atoms with Crippen LogP contribution in [0.4, 0.5) is 5.82 Å². The molecule has 1 aliphatic rings. The van der Waals surface area contributed by atoms with Crippen LogP contribution in [0.5, 0.6) is 0 Å². The average molecular weight is 526 g/mol. The summed E-state index contributed by atoms with van der Waals surface area (Å²) in [6.07, 6.45) is 8.10. The van der Waals surface area contributed by atoms with Crippen LogP contribution < -0.4 is 5.69 Å². The Morgan fingerprint density at radius 3 is 2.63 bits per heavy atom. The number of ether oxygens (including phenoxy) is 1. The monoisotopic (exact) mass is 525 g/mol. The summed E-state index contributed by atoms with van der Waals surface area (Å²) in [5.74, 6) is 2.48. The largest absolute Gasteiger partial charge is 0.481 e. The van der Waals surface area contributed by atoms with Crippen molar-refractivity contribution in [1.82, 2.24) is 9.13 Å². The highest BCUT2D eigenvalue weighted by Crippen LogP contribution is 2.30. The van der Waals surface area contributed by atoms with Gasteiger partial charge in [0.05, 0.1) is 5.04 Å². The van der Waals surface area contributed by atoms with Crippen LogP contribution in [-0.4, -0.2) is 44.2 Å². The first-order chi connectivity index (χ1) is 16.7. The van der Waals surface area contributed by atoms with Crippen molar-refractivity contribution in [2.75, 3.05) is 19.0 Å². The second kappa shape index (κ2) is 15.0. The first-order valence-corrected chi connectivity index (χ1v) is 14.3. The fraction of sp³-hybridized carbons (Fsp3) is 0.769. The van der Waals surface area contributed by atoms with E-state index in [0.717, 1.165) is 68.1 Å². The number of aliphatic imine (C=N–C) groups is 1. The molecule has 2 heterocycles. The number of hydrogen-bond acceptors (Lipinski definition) is 6. The molecular formula is C26H43N3O4S2. The van der Waals surface area contributed by atoms with E-state index in [2.05, 4.69) is 13.8 Å². The lowest BCUT2D eigenvalue weighted by Gasteiger charge is -2.21. The molecule has 0 spiro atoms. The highest BCUT2D eigenvalue weighted by atomic mass is 32.2. The number of nitrogens with zero attached hydrogens (tertiary/aromatic N) is 3. The second-order valence-electron chi connectivity index (χ2n) is 9.77. The number of thioether (sulfide) groups is 1. The van der Waals surface area contributed by atoms with E-state index in [0.29, 0.717) is 28.7 Å². The Balaban J connectivity index is 2.21. The molecule has 198 valence electrons. The summed E-state index contributed by atoms with van der Waals surface area (Å²) in [7, 11) is 3.44. The van der Waals surface area contributed by atoms with Crippen LogP contribution in [0.1, 0.15) is 77.2 Å². The van der Waals surface area contributed by atoms with Crippen LogP contribution >= 0.6 is 24.0 Å². The van der Waals surface area contributed by atoms with Crippen LogP contribution in [0.2, 0.25) is 0 Å². The van der Waals surface area contributed by atoms with E-state index in [1.165, 1.54) is 11.0 Å². The molecule has 35 heavy (non-hydrogen) atoms. The molecule has 9 heteroatoms. The average Bonchev–Trinajstić information content (AvgIpc) is 3.04. The zero-order valence-corrected chi connectivity index (χ0v) is 23.7. The van der Waals surface area contributed by atoms with Gasteiger partial charge in [0.1, 0.15) is 10.5 Å². The molecule has 7 nitrogen and oxygen atoms in total. The molecule has 0 aliphatic carbocycles. The predicted molar refractivity (Wildman–Crippen MR) is 148 cm³/mol. The number of rotatable bonds is 12. The molecule has 1 aromatic heterocycles. The van der Waals surface area contributed by atoms with Gasteiger partial charge in [-0.15, -0.1) is 11.8 Å². The predicted octanol–water partition coefficient (Wildman–Crippen LogP) is 6.04. The fourth-order valence-electron chi connectivity index (χ4n) is 4.75. The third-order valence-electron chi connectivity index (χ3n) is 7.23. The molecule has 0 amide bonds. The second-order valence-corrected chi connectivity index (χ2v) is 11.3. The Kier molecular flexibility index (Phi) is 12.7. The number of hydrogen-bond donors (Lipinski definition) is 1. The van der Waals surface area contributed by atoms with Crippen LogP contribution in [-0.2, 0) is 23.6 Å². The van der Waals surface area contributed by atoms with E-state index in [1.807, 2.05) is 6.92 Å². The molecule has 1 aromatic rings. The number of unbranched alkanes of at least 4 members (excludes halogenated alkanes) is 1. The van der Waals surface area contributed by atoms with E-state index < -0.39 is 5.97 Å². The van der Waals surface area contributed by atoms with Crippen molar-refractivity contribution >= 4 is 40.8 Å². The summed E-state index contributed by atoms with van der Waals surface area (Å²) in [5, 5.41) is 10.0. The molecule has 0 bridgehead atoms. The van der Waals surface area contributed by atoms with Crippen LogP contribution in [0, 0.1) is 29.3 Å². The van der Waals surface area contributed by atoms with Gasteiger partial charge >= 0.3 is 11.7 Å². The van der Waals surface area contributed by atoms with Crippen molar-refractivity contribution in [3.8, 4) is 0 Å². The number of aromatic nitrogens is 2. The van der Waals surface area contributed by atoms with E-state index >= 15 is 0 Å². The lowest BCUT2D eigenvalue weighted by atomic mass is 9.86. The lowest BCUT2D eigenvalue weighted by molar-refractivity contribution is -0.137. The van der Waals surface area contributed by atoms with Gasteiger partial charge in [-0.3, -0.25) is 13.9 Å². The zero-order valence-electron chi connectivity index (χ0n) is 22.0. The Morgan fingerprint density at radius 2 is 1.94 bits per heavy atom. The quantitative estimate of drug-likeness (QED) is 0.155. The first kappa shape index (κ1) is 29.8. The summed E-state index contributed by atoms with van der Waals surface area (Å²) in [6, 6.07) is 0. The minimum Gasteiger partial charge on any atom is -0.481 e.